The third-order valence-corrected chi connectivity index (χ3v) is 0.726. The highest BCUT2D eigenvalue weighted by molar-refractivity contribution is 4.91. The summed E-state index contributed by atoms with van der Waals surface area (Å²) in [7, 11) is 0. The molecule has 9 heavy (non-hydrogen) atoms. The fourth-order valence-corrected chi connectivity index (χ4v) is 0.381. The summed E-state index contributed by atoms with van der Waals surface area (Å²) in [4.78, 5) is 0. The van der Waals surface area contributed by atoms with E-state index in [-0.39, 0.29) is 6.61 Å². The van der Waals surface area contributed by atoms with Crippen LogP contribution in [0.4, 0.5) is 0 Å². The maximum Gasteiger partial charge on any atom is 0.0953 e. The SMILES string of the molecule is C=CNC(=C)NCCO. The second-order valence-electron chi connectivity index (χ2n) is 1.48. The third-order valence-electron chi connectivity index (χ3n) is 0.726. The summed E-state index contributed by atoms with van der Waals surface area (Å²) >= 11 is 0. The molecule has 0 aliphatic heterocycles. The van der Waals surface area contributed by atoms with Crippen molar-refractivity contribution in [2.75, 3.05) is 13.2 Å². The summed E-state index contributed by atoms with van der Waals surface area (Å²) in [6.07, 6.45) is 1.52. The molecule has 0 aromatic carbocycles. The highest BCUT2D eigenvalue weighted by Gasteiger charge is 1.83. The summed E-state index contributed by atoms with van der Waals surface area (Å²) < 4.78 is 0. The van der Waals surface area contributed by atoms with Crippen LogP contribution in [0.25, 0.3) is 0 Å². The lowest BCUT2D eigenvalue weighted by Crippen LogP contribution is -2.24. The number of nitrogens with one attached hydrogen (secondary N) is 2. The van der Waals surface area contributed by atoms with Gasteiger partial charge in [-0.3, -0.25) is 0 Å². The van der Waals surface area contributed by atoms with Gasteiger partial charge in [-0.25, -0.2) is 0 Å². The van der Waals surface area contributed by atoms with Crippen molar-refractivity contribution >= 4 is 0 Å². The minimum absolute atomic E-state index is 0.109. The lowest BCUT2D eigenvalue weighted by atomic mass is 10.6. The fourth-order valence-electron chi connectivity index (χ4n) is 0.381. The Balaban J connectivity index is 3.16. The van der Waals surface area contributed by atoms with E-state index < -0.39 is 0 Å². The van der Waals surface area contributed by atoms with Crippen LogP contribution in [0.3, 0.4) is 0 Å². The van der Waals surface area contributed by atoms with E-state index in [2.05, 4.69) is 23.8 Å². The van der Waals surface area contributed by atoms with E-state index in [1.165, 1.54) is 6.20 Å². The van der Waals surface area contributed by atoms with E-state index in [4.69, 9.17) is 5.11 Å². The van der Waals surface area contributed by atoms with Gasteiger partial charge in [0.15, 0.2) is 0 Å². The molecule has 3 heteroatoms. The molecule has 0 bridgehead atoms. The van der Waals surface area contributed by atoms with Crippen molar-refractivity contribution in [2.24, 2.45) is 0 Å². The second kappa shape index (κ2) is 5.18. The molecule has 0 saturated heterocycles. The van der Waals surface area contributed by atoms with Gasteiger partial charge in [-0.2, -0.15) is 0 Å². The van der Waals surface area contributed by atoms with Gasteiger partial charge < -0.3 is 15.7 Å². The van der Waals surface area contributed by atoms with Gasteiger partial charge in [-0.15, -0.1) is 0 Å². The number of hydrogen-bond acceptors (Lipinski definition) is 3. The molecular weight excluding hydrogens is 116 g/mol. The highest BCUT2D eigenvalue weighted by atomic mass is 16.3. The Morgan fingerprint density at radius 2 is 2.33 bits per heavy atom. The Bertz CT molecular complexity index is 101. The van der Waals surface area contributed by atoms with Crippen molar-refractivity contribution in [3.05, 3.63) is 25.2 Å². The molecule has 0 aliphatic rings. The smallest absolute Gasteiger partial charge is 0.0953 e. The van der Waals surface area contributed by atoms with Crippen molar-refractivity contribution in [3.63, 3.8) is 0 Å². The topological polar surface area (TPSA) is 44.3 Å². The van der Waals surface area contributed by atoms with Crippen LogP contribution in [0.5, 0.6) is 0 Å². The monoisotopic (exact) mass is 128 g/mol. The van der Waals surface area contributed by atoms with E-state index in [1.54, 1.807) is 0 Å². The molecule has 0 saturated carbocycles. The van der Waals surface area contributed by atoms with Crippen molar-refractivity contribution in [1.29, 1.82) is 0 Å². The van der Waals surface area contributed by atoms with E-state index in [0.29, 0.717) is 12.4 Å². The lowest BCUT2D eigenvalue weighted by Gasteiger charge is -2.05. The van der Waals surface area contributed by atoms with E-state index in [9.17, 15) is 0 Å². The van der Waals surface area contributed by atoms with Gasteiger partial charge in [-0.1, -0.05) is 13.2 Å². The molecule has 0 aromatic heterocycles. The van der Waals surface area contributed by atoms with Crippen molar-refractivity contribution < 1.29 is 5.11 Å². The molecule has 0 aliphatic carbocycles. The number of hydrogen-bond donors (Lipinski definition) is 3. The molecule has 0 aromatic rings. The maximum absolute atomic E-state index is 8.33. The highest BCUT2D eigenvalue weighted by Crippen LogP contribution is 1.72. The molecule has 0 unspecified atom stereocenters. The minimum atomic E-state index is 0.109. The molecule has 0 amide bonds. The Labute approximate surface area is 55.1 Å². The average Bonchev–Trinajstić information content (AvgIpc) is 1.85. The van der Waals surface area contributed by atoms with Gasteiger partial charge in [0.1, 0.15) is 0 Å². The van der Waals surface area contributed by atoms with Gasteiger partial charge in [-0.05, 0) is 6.20 Å². The van der Waals surface area contributed by atoms with Crippen molar-refractivity contribution in [1.82, 2.24) is 10.6 Å². The molecule has 3 nitrogen and oxygen atoms in total. The molecule has 0 spiro atoms. The van der Waals surface area contributed by atoms with E-state index >= 15 is 0 Å². The first-order valence-electron chi connectivity index (χ1n) is 2.72. The van der Waals surface area contributed by atoms with Gasteiger partial charge in [0.2, 0.25) is 0 Å². The molecule has 0 fully saturated rings. The zero-order valence-corrected chi connectivity index (χ0v) is 5.35. The molecule has 0 heterocycles. The quantitative estimate of drug-likeness (QED) is 0.479. The van der Waals surface area contributed by atoms with Gasteiger partial charge in [0.05, 0.1) is 12.4 Å². The average molecular weight is 128 g/mol. The third kappa shape index (κ3) is 4.90. The predicted molar refractivity (Wildman–Crippen MR) is 37.6 cm³/mol. The van der Waals surface area contributed by atoms with Crippen LogP contribution in [0.15, 0.2) is 25.2 Å². The first-order valence-corrected chi connectivity index (χ1v) is 2.72. The Morgan fingerprint density at radius 3 is 2.78 bits per heavy atom. The van der Waals surface area contributed by atoms with Crippen LogP contribution in [0.2, 0.25) is 0 Å². The van der Waals surface area contributed by atoms with Crippen LogP contribution in [-0.2, 0) is 0 Å². The zero-order chi connectivity index (χ0) is 7.11. The Kier molecular flexibility index (Phi) is 4.63. The maximum atomic E-state index is 8.33. The fraction of sp³-hybridized carbons (Fsp3) is 0.333. The molecule has 0 radical (unpaired) electrons. The first kappa shape index (κ1) is 8.04. The molecule has 0 atom stereocenters. The first-order chi connectivity index (χ1) is 4.31. The standard InChI is InChI=1S/C6H12N2O/c1-3-7-6(2)8-4-5-9/h3,7-9H,1-2,4-5H2. The molecule has 3 N–H and O–H groups in total. The minimum Gasteiger partial charge on any atom is -0.395 e. The van der Waals surface area contributed by atoms with Crippen LogP contribution in [0.1, 0.15) is 0 Å². The van der Waals surface area contributed by atoms with Gasteiger partial charge >= 0.3 is 0 Å². The summed E-state index contributed by atoms with van der Waals surface area (Å²) in [6, 6.07) is 0. The van der Waals surface area contributed by atoms with Crippen LogP contribution < -0.4 is 10.6 Å². The summed E-state index contributed by atoms with van der Waals surface area (Å²) in [5.41, 5.74) is 0. The number of aliphatic hydroxyl groups excluding tert-OH is 1. The van der Waals surface area contributed by atoms with Crippen molar-refractivity contribution in [2.45, 2.75) is 0 Å². The largest absolute Gasteiger partial charge is 0.395 e. The summed E-state index contributed by atoms with van der Waals surface area (Å²) in [6.45, 7) is 7.63. The predicted octanol–water partition coefficient (Wildman–Crippen LogP) is -0.227. The second-order valence-corrected chi connectivity index (χ2v) is 1.48. The van der Waals surface area contributed by atoms with E-state index in [1.807, 2.05) is 0 Å². The molecule has 52 valence electrons. The van der Waals surface area contributed by atoms with Crippen molar-refractivity contribution in [3.8, 4) is 0 Å². The van der Waals surface area contributed by atoms with Crippen LogP contribution in [-0.4, -0.2) is 18.3 Å². The lowest BCUT2D eigenvalue weighted by molar-refractivity contribution is 0.296. The summed E-state index contributed by atoms with van der Waals surface area (Å²) in [5.74, 6) is 0.652. The zero-order valence-electron chi connectivity index (χ0n) is 5.35. The van der Waals surface area contributed by atoms with Crippen LogP contribution in [0, 0.1) is 0 Å². The van der Waals surface area contributed by atoms with E-state index in [0.717, 1.165) is 0 Å². The Morgan fingerprint density at radius 1 is 1.67 bits per heavy atom. The molecule has 0 rings (SSSR count). The van der Waals surface area contributed by atoms with Crippen LogP contribution >= 0.6 is 0 Å². The Hall–Kier alpha value is -0.960. The summed E-state index contributed by atoms with van der Waals surface area (Å²) in [5, 5.41) is 13.9. The van der Waals surface area contributed by atoms with Gasteiger partial charge in [0.25, 0.3) is 0 Å². The molecular formula is C6H12N2O. The van der Waals surface area contributed by atoms with Gasteiger partial charge in [0, 0.05) is 6.54 Å². The number of rotatable bonds is 5. The number of aliphatic hydroxyl groups is 1. The normalized spacial score (nSPS) is 8.11.